The predicted octanol–water partition coefficient (Wildman–Crippen LogP) is 24.6. The van der Waals surface area contributed by atoms with Crippen molar-refractivity contribution in [3.05, 3.63) is 354 Å². The number of carbonyl (C=O) groups is 1. The molecule has 29 heteroatoms. The van der Waals surface area contributed by atoms with Gasteiger partial charge >= 0.3 is 0 Å². The van der Waals surface area contributed by atoms with E-state index in [9.17, 15) is 54.5 Å². The number of fused-ring (bicyclic) bond motifs is 17. The van der Waals surface area contributed by atoms with Crippen LogP contribution in [0.4, 0.5) is 27.4 Å². The number of phenolic OH excluding ortho intramolecular Hbond substituents is 4. The van der Waals surface area contributed by atoms with Crippen LogP contribution in [0.25, 0.3) is 110 Å². The molecule has 7 atom stereocenters. The van der Waals surface area contributed by atoms with Gasteiger partial charge in [-0.3, -0.25) is 24.4 Å². The van der Waals surface area contributed by atoms with Crippen molar-refractivity contribution in [3.63, 3.8) is 0 Å². The number of hydrogen-bond donors (Lipinski definition) is 10. The van der Waals surface area contributed by atoms with Crippen molar-refractivity contribution in [2.75, 3.05) is 57.5 Å². The Morgan fingerprint density at radius 1 is 0.483 bits per heavy atom. The van der Waals surface area contributed by atoms with Crippen LogP contribution < -0.4 is 26.8 Å². The number of aromatic hydroxyl groups is 4. The first-order valence-corrected chi connectivity index (χ1v) is 50.6. The van der Waals surface area contributed by atoms with Gasteiger partial charge in [0.15, 0.2) is 28.2 Å². The summed E-state index contributed by atoms with van der Waals surface area (Å²) in [6.07, 6.45) is 8.69. The number of rotatable bonds is 13. The van der Waals surface area contributed by atoms with E-state index in [2.05, 4.69) is 118 Å². The summed E-state index contributed by atoms with van der Waals surface area (Å²) in [6, 6.07) is 74.6. The van der Waals surface area contributed by atoms with Crippen LogP contribution in [0.5, 0.6) is 23.0 Å². The Bertz CT molecular complexity index is 7900. The average molecular weight is 2020 g/mol. The van der Waals surface area contributed by atoms with Gasteiger partial charge in [-0.25, -0.2) is 4.39 Å². The molecule has 5 aliphatic heterocycles. The van der Waals surface area contributed by atoms with Crippen molar-refractivity contribution in [1.29, 1.82) is 0 Å². The highest BCUT2D eigenvalue weighted by molar-refractivity contribution is 6.33. The molecule has 19 aromatic rings. The van der Waals surface area contributed by atoms with Crippen molar-refractivity contribution >= 4 is 139 Å². The highest BCUT2D eigenvalue weighted by atomic mass is 35.5. The first-order valence-electron chi connectivity index (χ1n) is 49.8. The molecule has 11 aromatic carbocycles. The molecule has 3 saturated heterocycles. The maximum Gasteiger partial charge on any atom is 0.252 e. The van der Waals surface area contributed by atoms with Gasteiger partial charge in [0.25, 0.3) is 5.91 Å². The van der Waals surface area contributed by atoms with Crippen molar-refractivity contribution < 1.29 is 58.5 Å². The summed E-state index contributed by atoms with van der Waals surface area (Å²) >= 11 is 12.1. The van der Waals surface area contributed by atoms with Crippen LogP contribution in [0.15, 0.2) is 286 Å². The number of β-amino-alcohol motifs (C(OH)–C–C–N with tert-alkyl or cyclic N) is 2. The van der Waals surface area contributed by atoms with E-state index in [4.69, 9.17) is 36.8 Å². The lowest BCUT2D eigenvalue weighted by Crippen LogP contribution is -2.45. The number of aryl methyl sites for hydroxylation is 1. The number of anilines is 4. The molecule has 0 saturated carbocycles. The van der Waals surface area contributed by atoms with Gasteiger partial charge < -0.3 is 84.2 Å². The smallest absolute Gasteiger partial charge is 0.252 e. The van der Waals surface area contributed by atoms with Crippen LogP contribution >= 0.6 is 23.2 Å². The number of likely N-dealkylation sites (N-methyl/N-ethyl adjacent to an activating group) is 2. The summed E-state index contributed by atoms with van der Waals surface area (Å²) < 4.78 is 37.0. The normalized spacial score (nSPS) is 17.9. The molecule has 0 spiro atoms. The summed E-state index contributed by atoms with van der Waals surface area (Å²) in [5.41, 5.74) is 13.0. The topological polar surface area (TPSA) is 358 Å². The molecule has 0 aliphatic carbocycles. The van der Waals surface area contributed by atoms with Crippen molar-refractivity contribution in [2.24, 2.45) is 5.41 Å². The Labute approximate surface area is 860 Å². The Hall–Kier alpha value is -15.0. The number of nitrogens with one attached hydrogen (secondary N) is 3. The van der Waals surface area contributed by atoms with Gasteiger partial charge in [-0.1, -0.05) is 225 Å². The Balaban J connectivity index is 0.000000129. The fourth-order valence-electron chi connectivity index (χ4n) is 20.4. The molecule has 2 bridgehead atoms. The molecule has 5 aliphatic rings. The monoisotopic (exact) mass is 2020 g/mol. The van der Waals surface area contributed by atoms with Crippen molar-refractivity contribution in [2.45, 2.75) is 151 Å². The number of nitrogens with zero attached hydrogens (tertiary/aromatic N) is 10. The van der Waals surface area contributed by atoms with Crippen LogP contribution in [0.2, 0.25) is 10.0 Å². The fraction of sp³-hybridized carbons (Fsp3) is 0.263. The maximum absolute atomic E-state index is 13.4. The predicted molar refractivity (Wildman–Crippen MR) is 584 cm³/mol. The van der Waals surface area contributed by atoms with Gasteiger partial charge in [0.1, 0.15) is 68.5 Å². The first-order chi connectivity index (χ1) is 71.3. The number of para-hydroxylation sites is 3. The molecule has 10 N–H and O–H groups in total. The molecule has 13 heterocycles. The molecule has 3 fully saturated rings. The second-order valence-electron chi connectivity index (χ2n) is 36.4. The molecular formula is C118H120Cl2FN13O13. The zero-order chi connectivity index (χ0) is 104. The number of likely N-dealkylation sites (tertiary alicyclic amines) is 2. The van der Waals surface area contributed by atoms with Gasteiger partial charge in [-0.15, -0.1) is 10.2 Å². The van der Waals surface area contributed by atoms with Crippen LogP contribution in [0.1, 0.15) is 162 Å². The van der Waals surface area contributed by atoms with E-state index in [-0.39, 0.29) is 79.9 Å². The van der Waals surface area contributed by atoms with Gasteiger partial charge in [-0.05, 0) is 155 Å². The Morgan fingerprint density at radius 3 is 1.44 bits per heavy atom. The molecule has 8 aromatic heterocycles. The lowest BCUT2D eigenvalue weighted by molar-refractivity contribution is -0.149. The number of piperidine rings is 2. The molecule has 0 radical (unpaired) electrons. The van der Waals surface area contributed by atoms with Crippen LogP contribution in [0, 0.1) is 18.2 Å². The standard InChI is InChI=1S/C27H23N3O3.C22H23NO5.C21H20ClNO5.C20H14ClFN4.C20H16N4.4C2H6/c1-26(13-31)11-19-29-17-9-5-3-7-14(17)21-22-16(12-28-25(22)32)20-15-8-4-6-10-18(15)30(24(20)23(21)29)27(26,2)33-19;1-12-5-3-4-6-13(12)19-10-17(26)21-16(25)9-15(24)20(22(21)28-19)14-7-8-23(2)11-18(14)27;1-23-7-6-12(17(27)10-23)19-14(24)8-15(25)20-16(26)9-18(28-21(19)20)11-4-2-3-5-13(11)22;21-17-12-14(5-6-18(17)22)24-20-16-4-2-1-3-15(16)19(25-26-20)11-13-7-9-23-10-8-13;1-2-6-16(7-3-1)22-20-18-9-5-4-8-17(18)19(23-24-20)14-15-10-12-21-13-11-15;4*1-2/h3-10,19,31H,11-13H2,1-2H3,(H,28,32);3-6,9-10,14,18,24-25,27H,7-8,11H2,1-2H3;2-5,8-9,12,17,24-25,27H,6-7,10H2,1H3;1-10,12H,11H2,(H,24,26);1-13H,14H2,(H,22,24);4*1-2H3. The largest absolute Gasteiger partial charge is 0.507 e. The highest BCUT2D eigenvalue weighted by Crippen LogP contribution is 2.61. The van der Waals surface area contributed by atoms with E-state index >= 15 is 0 Å². The highest BCUT2D eigenvalue weighted by Gasteiger charge is 2.59. The second kappa shape index (κ2) is 45.7. The molecule has 7 unspecified atom stereocenters. The molecule has 756 valence electrons. The van der Waals surface area contributed by atoms with E-state index in [1.165, 1.54) is 29.8 Å². The van der Waals surface area contributed by atoms with Crippen LogP contribution in [0.3, 0.4) is 0 Å². The third-order valence-electron chi connectivity index (χ3n) is 27.5. The third kappa shape index (κ3) is 20.6. The number of pyridine rings is 2. The minimum Gasteiger partial charge on any atom is -0.507 e. The van der Waals surface area contributed by atoms with E-state index in [1.807, 2.05) is 214 Å². The van der Waals surface area contributed by atoms with Crippen molar-refractivity contribution in [3.8, 4) is 45.6 Å². The number of aromatic nitrogens is 8. The lowest BCUT2D eigenvalue weighted by Gasteiger charge is -2.40. The van der Waals surface area contributed by atoms with E-state index in [0.29, 0.717) is 84.3 Å². The molecular weight excluding hydrogens is 1900 g/mol. The van der Waals surface area contributed by atoms with E-state index in [1.54, 1.807) is 55.1 Å². The van der Waals surface area contributed by atoms with Crippen LogP contribution in [-0.2, 0) is 29.8 Å². The number of ether oxygens (including phenoxy) is 1. The van der Waals surface area contributed by atoms with Crippen LogP contribution in [-0.4, -0.2) is 150 Å². The average Bonchev–Trinajstić information content (AvgIpc) is 1.49. The lowest BCUT2D eigenvalue weighted by atomic mass is 9.78. The fourth-order valence-corrected chi connectivity index (χ4v) is 20.8. The molecule has 26 nitrogen and oxygen atoms in total. The van der Waals surface area contributed by atoms with Gasteiger partial charge in [0.05, 0.1) is 67.9 Å². The summed E-state index contributed by atoms with van der Waals surface area (Å²) in [5, 5.41) is 110. The summed E-state index contributed by atoms with van der Waals surface area (Å²) in [5.74, 6) is -0.394. The molecule has 24 rings (SSSR count). The zero-order valence-electron chi connectivity index (χ0n) is 84.3. The third-order valence-corrected chi connectivity index (χ3v) is 28.2. The number of hydrogen-bond acceptors (Lipinski definition) is 23. The summed E-state index contributed by atoms with van der Waals surface area (Å²) in [4.78, 5) is 50.9. The molecule has 147 heavy (non-hydrogen) atoms. The number of aliphatic hydroxyl groups is 3. The molecule has 1 amide bonds. The zero-order valence-corrected chi connectivity index (χ0v) is 85.8. The Morgan fingerprint density at radius 2 is 0.939 bits per heavy atom. The number of aliphatic hydroxyl groups excluding tert-OH is 3. The van der Waals surface area contributed by atoms with Gasteiger partial charge in [0, 0.05) is 182 Å². The summed E-state index contributed by atoms with van der Waals surface area (Å²) in [7, 11) is 3.83. The van der Waals surface area contributed by atoms with Gasteiger partial charge in [0.2, 0.25) is 0 Å². The number of amides is 1. The Kier molecular flexibility index (Phi) is 32.6. The number of halogens is 3. The minimum absolute atomic E-state index is 0.00614. The number of phenols is 4. The minimum atomic E-state index is -0.745. The maximum atomic E-state index is 13.4. The second-order valence-corrected chi connectivity index (χ2v) is 37.2. The number of carbonyl (C=O) groups excluding carboxylic acids is 1. The first kappa shape index (κ1) is 105. The number of benzene rings is 11. The SMILES string of the molecule is CC.CC.CC.CC.CC1(CO)CC2OC1(C)n1c3ccccc3c3c4c(c5c6ccccc6n2c5c31)C(=O)NC4.CN1CCC(c2c(O)cc(O)c3c(=O)cc(-c4ccccc4Cl)oc23)C(O)C1.Cc1ccccc1-c1cc(=O)c2c(O)cc(O)c(C3CCN(C)CC3O)c2o1.Fc1ccc(Nc2nnc(Cc3ccncc3)c3ccccc23)cc1Cl.c1ccc(Nc2nnc(Cc3ccncc3)c3ccccc23)cc1. The van der Waals surface area contributed by atoms with E-state index in [0.717, 1.165) is 148 Å². The van der Waals surface area contributed by atoms with Crippen molar-refractivity contribution in [1.82, 2.24) is 54.6 Å². The quantitative estimate of drug-likeness (QED) is 0.0512. The summed E-state index contributed by atoms with van der Waals surface area (Å²) in [6.45, 7) is 25.1. The van der Waals surface area contributed by atoms with Gasteiger partial charge in [-0.2, -0.15) is 10.2 Å². The van der Waals surface area contributed by atoms with E-state index < -0.39 is 46.4 Å².